The Bertz CT molecular complexity index is 1710. The third-order valence-corrected chi connectivity index (χ3v) is 9.79. The molecule has 0 spiro atoms. The number of rotatable bonds is 7. The van der Waals surface area contributed by atoms with Crippen LogP contribution in [0.4, 0.5) is 5.82 Å². The number of aliphatic hydroxyl groups excluding tert-OH is 1. The van der Waals surface area contributed by atoms with Crippen molar-refractivity contribution in [2.75, 3.05) is 38.5 Å². The van der Waals surface area contributed by atoms with Gasteiger partial charge in [-0.2, -0.15) is 5.10 Å². The number of fused-ring (bicyclic) bond motifs is 2. The van der Waals surface area contributed by atoms with Crippen molar-refractivity contribution in [3.05, 3.63) is 71.6 Å². The highest BCUT2D eigenvalue weighted by Crippen LogP contribution is 2.40. The van der Waals surface area contributed by atoms with Gasteiger partial charge in [-0.25, -0.2) is 14.6 Å². The number of benzene rings is 2. The zero-order valence-electron chi connectivity index (χ0n) is 23.7. The normalized spacial score (nSPS) is 18.2. The number of hydrogen-bond acceptors (Lipinski definition) is 7. The van der Waals surface area contributed by atoms with E-state index in [9.17, 15) is 5.11 Å². The van der Waals surface area contributed by atoms with E-state index in [1.54, 1.807) is 0 Å². The largest absolute Gasteiger partial charge is 0.396 e. The number of hydrogen-bond donors (Lipinski definition) is 3. The second-order valence-electron chi connectivity index (χ2n) is 11.7. The second-order valence-corrected chi connectivity index (χ2v) is 12.1. The standard InChI is InChI=1S/C32H37ClN8O/c33-26-4-2-1-3-24(26)20-40-15-9-22-19-23(5-6-27(22)40)29-28-30(34)36-21-37-31(28)41(38-29)32(12-18-42)10-16-39(17-11-32)25-7-13-35-14-8-25/h1-6,9,15,19,21,25,35,42H,7-8,10-14,16-18,20H2,(H2,34,36,37). The molecular formula is C32H37ClN8O. The van der Waals surface area contributed by atoms with Gasteiger partial charge in [0.25, 0.3) is 0 Å². The average Bonchev–Trinajstić information content (AvgIpc) is 3.62. The molecule has 9 nitrogen and oxygen atoms in total. The molecule has 0 unspecified atom stereocenters. The van der Waals surface area contributed by atoms with Crippen molar-refractivity contribution in [2.24, 2.45) is 0 Å². The molecule has 7 rings (SSSR count). The van der Waals surface area contributed by atoms with Gasteiger partial charge < -0.3 is 25.6 Å². The summed E-state index contributed by atoms with van der Waals surface area (Å²) in [6.07, 6.45) is 8.43. The van der Waals surface area contributed by atoms with Crippen molar-refractivity contribution in [1.82, 2.24) is 34.5 Å². The van der Waals surface area contributed by atoms with Crippen LogP contribution in [0.2, 0.25) is 5.02 Å². The zero-order chi connectivity index (χ0) is 28.7. The summed E-state index contributed by atoms with van der Waals surface area (Å²) < 4.78 is 4.28. The highest BCUT2D eigenvalue weighted by molar-refractivity contribution is 6.31. The summed E-state index contributed by atoms with van der Waals surface area (Å²) in [7, 11) is 0. The van der Waals surface area contributed by atoms with E-state index in [1.165, 1.54) is 19.2 Å². The number of nitrogens with two attached hydrogens (primary N) is 1. The third-order valence-electron chi connectivity index (χ3n) is 9.42. The Hall–Kier alpha value is -3.50. The summed E-state index contributed by atoms with van der Waals surface area (Å²) in [4.78, 5) is 11.7. The van der Waals surface area contributed by atoms with E-state index in [2.05, 4.69) is 61.0 Å². The molecule has 0 radical (unpaired) electrons. The second kappa shape index (κ2) is 11.3. The van der Waals surface area contributed by atoms with Gasteiger partial charge >= 0.3 is 0 Å². The van der Waals surface area contributed by atoms with Gasteiger partial charge in [-0.3, -0.25) is 0 Å². The molecular weight excluding hydrogens is 548 g/mol. The molecule has 0 bridgehead atoms. The number of aromatic nitrogens is 5. The highest BCUT2D eigenvalue weighted by Gasteiger charge is 2.40. The molecule has 10 heteroatoms. The monoisotopic (exact) mass is 584 g/mol. The fraction of sp³-hybridized carbons (Fsp3) is 0.406. The minimum Gasteiger partial charge on any atom is -0.396 e. The summed E-state index contributed by atoms with van der Waals surface area (Å²) >= 11 is 6.45. The first kappa shape index (κ1) is 27.3. The van der Waals surface area contributed by atoms with Crippen LogP contribution in [-0.4, -0.2) is 73.1 Å². The Kier molecular flexibility index (Phi) is 7.35. The molecule has 218 valence electrons. The number of nitrogens with one attached hydrogen (secondary N) is 1. The molecule has 0 amide bonds. The lowest BCUT2D eigenvalue weighted by atomic mass is 9.83. The molecule has 5 heterocycles. The first-order valence-electron chi connectivity index (χ1n) is 14.9. The number of nitrogens with zero attached hydrogens (tertiary/aromatic N) is 6. The van der Waals surface area contributed by atoms with Gasteiger partial charge in [-0.1, -0.05) is 35.9 Å². The molecule has 5 aromatic rings. The van der Waals surface area contributed by atoms with E-state index >= 15 is 0 Å². The van der Waals surface area contributed by atoms with Crippen molar-refractivity contribution in [1.29, 1.82) is 0 Å². The van der Waals surface area contributed by atoms with E-state index in [4.69, 9.17) is 27.4 Å². The summed E-state index contributed by atoms with van der Waals surface area (Å²) in [5.41, 5.74) is 10.8. The highest BCUT2D eigenvalue weighted by atomic mass is 35.5. The SMILES string of the molecule is Nc1ncnc2c1c(-c1ccc3c(ccn3Cc3ccccc3Cl)c1)nn2C1(CCO)CCN(C2CCNCC2)CC1. The van der Waals surface area contributed by atoms with Gasteiger partial charge in [-0.05, 0) is 75.0 Å². The molecule has 2 fully saturated rings. The maximum atomic E-state index is 10.2. The van der Waals surface area contributed by atoms with E-state index in [0.29, 0.717) is 24.8 Å². The predicted molar refractivity (Wildman–Crippen MR) is 168 cm³/mol. The molecule has 2 aromatic carbocycles. The lowest BCUT2D eigenvalue weighted by molar-refractivity contribution is 0.0457. The van der Waals surface area contributed by atoms with Gasteiger partial charge in [0.05, 0.1) is 10.9 Å². The van der Waals surface area contributed by atoms with Crippen molar-refractivity contribution >= 4 is 39.4 Å². The van der Waals surface area contributed by atoms with Crippen LogP contribution in [0.25, 0.3) is 33.2 Å². The molecule has 3 aromatic heterocycles. The summed E-state index contributed by atoms with van der Waals surface area (Å²) in [6, 6.07) is 17.1. The van der Waals surface area contributed by atoms with Gasteiger partial charge in [0.1, 0.15) is 17.8 Å². The zero-order valence-corrected chi connectivity index (χ0v) is 24.5. The summed E-state index contributed by atoms with van der Waals surface area (Å²) in [5, 5.41) is 21.6. The van der Waals surface area contributed by atoms with Crippen LogP contribution >= 0.6 is 11.6 Å². The van der Waals surface area contributed by atoms with E-state index in [-0.39, 0.29) is 12.1 Å². The number of aliphatic hydroxyl groups is 1. The Morgan fingerprint density at radius 2 is 1.86 bits per heavy atom. The van der Waals surface area contributed by atoms with Crippen molar-refractivity contribution in [2.45, 2.75) is 50.2 Å². The lowest BCUT2D eigenvalue weighted by Crippen LogP contribution is -2.52. The van der Waals surface area contributed by atoms with Gasteiger partial charge in [0.2, 0.25) is 0 Å². The molecule has 2 saturated heterocycles. The minimum absolute atomic E-state index is 0.0928. The van der Waals surface area contributed by atoms with E-state index in [1.807, 2.05) is 18.2 Å². The molecule has 4 N–H and O–H groups in total. The van der Waals surface area contributed by atoms with Gasteiger partial charge in [0, 0.05) is 60.0 Å². The fourth-order valence-corrected chi connectivity index (χ4v) is 7.25. The summed E-state index contributed by atoms with van der Waals surface area (Å²) in [6.45, 7) is 4.91. The van der Waals surface area contributed by atoms with Crippen LogP contribution in [0, 0.1) is 0 Å². The van der Waals surface area contributed by atoms with Gasteiger partial charge in [-0.15, -0.1) is 0 Å². The number of likely N-dealkylation sites (tertiary alicyclic amines) is 1. The molecule has 0 saturated carbocycles. The van der Waals surface area contributed by atoms with Crippen molar-refractivity contribution < 1.29 is 5.11 Å². The Morgan fingerprint density at radius 3 is 2.64 bits per heavy atom. The Morgan fingerprint density at radius 1 is 1.05 bits per heavy atom. The molecule has 0 atom stereocenters. The van der Waals surface area contributed by atoms with Crippen LogP contribution in [0.3, 0.4) is 0 Å². The van der Waals surface area contributed by atoms with E-state index < -0.39 is 0 Å². The maximum absolute atomic E-state index is 10.2. The van der Waals surface area contributed by atoms with Crippen molar-refractivity contribution in [3.63, 3.8) is 0 Å². The molecule has 2 aliphatic heterocycles. The molecule has 0 aliphatic carbocycles. The topological polar surface area (TPSA) is 110 Å². The van der Waals surface area contributed by atoms with Crippen LogP contribution in [0.1, 0.15) is 37.7 Å². The fourth-order valence-electron chi connectivity index (χ4n) is 7.06. The first-order valence-corrected chi connectivity index (χ1v) is 15.3. The number of halogens is 1. The van der Waals surface area contributed by atoms with Crippen LogP contribution in [0.15, 0.2) is 61.1 Å². The quantitative estimate of drug-likeness (QED) is 0.255. The van der Waals surface area contributed by atoms with E-state index in [0.717, 1.165) is 82.8 Å². The summed E-state index contributed by atoms with van der Waals surface area (Å²) in [5.74, 6) is 0.420. The Balaban J connectivity index is 1.25. The molecule has 2 aliphatic rings. The van der Waals surface area contributed by atoms with Crippen LogP contribution < -0.4 is 11.1 Å². The third kappa shape index (κ3) is 4.84. The van der Waals surface area contributed by atoms with Crippen LogP contribution in [-0.2, 0) is 12.1 Å². The van der Waals surface area contributed by atoms with Gasteiger partial charge in [0.15, 0.2) is 5.65 Å². The minimum atomic E-state index is -0.335. The predicted octanol–water partition coefficient (Wildman–Crippen LogP) is 4.66. The maximum Gasteiger partial charge on any atom is 0.164 e. The average molecular weight is 585 g/mol. The smallest absolute Gasteiger partial charge is 0.164 e. The molecule has 42 heavy (non-hydrogen) atoms. The number of nitrogen functional groups attached to an aromatic ring is 1. The van der Waals surface area contributed by atoms with Crippen molar-refractivity contribution in [3.8, 4) is 11.3 Å². The first-order chi connectivity index (χ1) is 20.6. The number of anilines is 1. The Labute approximate surface area is 250 Å². The lowest BCUT2D eigenvalue weighted by Gasteiger charge is -2.45. The van der Waals surface area contributed by atoms with Crippen LogP contribution in [0.5, 0.6) is 0 Å². The number of piperidine rings is 2.